The predicted molar refractivity (Wildman–Crippen MR) is 159 cm³/mol. The lowest BCUT2D eigenvalue weighted by Gasteiger charge is -2.17. The van der Waals surface area contributed by atoms with Gasteiger partial charge in [0.15, 0.2) is 5.17 Å². The second-order valence-electron chi connectivity index (χ2n) is 8.91. The highest BCUT2D eigenvalue weighted by molar-refractivity contribution is 8.19. The summed E-state index contributed by atoms with van der Waals surface area (Å²) in [5.74, 6) is -0.269. The van der Waals surface area contributed by atoms with Gasteiger partial charge < -0.3 is 15.5 Å². The normalized spacial score (nSPS) is 17.4. The first-order valence-electron chi connectivity index (χ1n) is 12.4. The van der Waals surface area contributed by atoms with Crippen LogP contribution in [-0.2, 0) is 16.1 Å². The first-order valence-corrected chi connectivity index (χ1v) is 14.0. The van der Waals surface area contributed by atoms with E-state index in [1.165, 1.54) is 30.4 Å². The molecule has 2 aliphatic rings. The average Bonchev–Trinajstić information content (AvgIpc) is 3.41. The van der Waals surface area contributed by atoms with Gasteiger partial charge in [-0.25, -0.2) is 4.99 Å². The molecular formula is C29H26N6O2S2. The molecule has 2 N–H and O–H groups in total. The summed E-state index contributed by atoms with van der Waals surface area (Å²) in [5, 5.41) is 16.9. The van der Waals surface area contributed by atoms with E-state index in [0.717, 1.165) is 26.9 Å². The highest BCUT2D eigenvalue weighted by Gasteiger charge is 2.39. The van der Waals surface area contributed by atoms with E-state index in [9.17, 15) is 14.9 Å². The number of thioether (sulfide) groups is 2. The van der Waals surface area contributed by atoms with Crippen LogP contribution < -0.4 is 15.5 Å². The molecule has 0 radical (unpaired) electrons. The lowest BCUT2D eigenvalue weighted by atomic mass is 10.2. The largest absolute Gasteiger partial charge is 0.384 e. The van der Waals surface area contributed by atoms with Crippen LogP contribution in [0.3, 0.4) is 0 Å². The Labute approximate surface area is 235 Å². The Hall–Kier alpha value is -4.20. The summed E-state index contributed by atoms with van der Waals surface area (Å²) < 4.78 is 0. The lowest BCUT2D eigenvalue weighted by Crippen LogP contribution is -2.29. The Morgan fingerprint density at radius 1 is 1.08 bits per heavy atom. The number of nitrogens with zero attached hydrogens (tertiary/aromatic N) is 4. The van der Waals surface area contributed by atoms with Gasteiger partial charge in [0.2, 0.25) is 5.91 Å². The van der Waals surface area contributed by atoms with Crippen molar-refractivity contribution >= 4 is 63.3 Å². The van der Waals surface area contributed by atoms with Crippen molar-refractivity contribution in [1.82, 2.24) is 4.90 Å². The summed E-state index contributed by atoms with van der Waals surface area (Å²) in [7, 11) is 1.93. The Kier molecular flexibility index (Phi) is 7.63. The van der Waals surface area contributed by atoms with Crippen molar-refractivity contribution in [2.45, 2.75) is 25.3 Å². The number of nitrogens with one attached hydrogen (secondary N) is 2. The zero-order valence-corrected chi connectivity index (χ0v) is 23.3. The molecule has 2 heterocycles. The molecule has 3 aromatic rings. The van der Waals surface area contributed by atoms with E-state index in [2.05, 4.69) is 16.7 Å². The molecule has 10 heteroatoms. The summed E-state index contributed by atoms with van der Waals surface area (Å²) in [6.07, 6.45) is 0. The van der Waals surface area contributed by atoms with Crippen LogP contribution in [0.1, 0.15) is 25.0 Å². The molecule has 0 atom stereocenters. The number of benzene rings is 3. The summed E-state index contributed by atoms with van der Waals surface area (Å²) in [4.78, 5) is 35.6. The van der Waals surface area contributed by atoms with Crippen molar-refractivity contribution in [1.29, 1.82) is 5.26 Å². The monoisotopic (exact) mass is 554 g/mol. The van der Waals surface area contributed by atoms with Gasteiger partial charge >= 0.3 is 0 Å². The smallest absolute Gasteiger partial charge is 0.269 e. The van der Waals surface area contributed by atoms with Crippen molar-refractivity contribution in [3.63, 3.8) is 0 Å². The highest BCUT2D eigenvalue weighted by Crippen LogP contribution is 2.51. The van der Waals surface area contributed by atoms with Crippen LogP contribution in [0.2, 0.25) is 0 Å². The number of rotatable bonds is 6. The van der Waals surface area contributed by atoms with Crippen molar-refractivity contribution < 1.29 is 9.59 Å². The van der Waals surface area contributed by atoms with Crippen LogP contribution in [0, 0.1) is 11.3 Å². The third kappa shape index (κ3) is 5.50. The number of nitriles is 1. The molecule has 3 aromatic carbocycles. The van der Waals surface area contributed by atoms with Crippen LogP contribution in [0.25, 0.3) is 0 Å². The van der Waals surface area contributed by atoms with E-state index in [1.807, 2.05) is 73.5 Å². The number of carbonyl (C=O) groups excluding carboxylic acids is 2. The molecule has 2 amide bonds. The Balaban J connectivity index is 1.57. The maximum atomic E-state index is 13.9. The van der Waals surface area contributed by atoms with E-state index in [0.29, 0.717) is 40.1 Å². The Bertz CT molecular complexity index is 1560. The van der Waals surface area contributed by atoms with Gasteiger partial charge in [0.1, 0.15) is 4.91 Å². The van der Waals surface area contributed by atoms with Crippen LogP contribution in [-0.4, -0.2) is 35.5 Å². The quantitative estimate of drug-likeness (QED) is 0.354. The molecule has 1 saturated heterocycles. The minimum absolute atomic E-state index is 0.131. The van der Waals surface area contributed by atoms with Crippen molar-refractivity contribution in [2.75, 3.05) is 29.1 Å². The molecule has 0 aromatic heterocycles. The van der Waals surface area contributed by atoms with E-state index in [1.54, 1.807) is 17.0 Å². The van der Waals surface area contributed by atoms with Gasteiger partial charge in [-0.1, -0.05) is 42.1 Å². The second-order valence-corrected chi connectivity index (χ2v) is 10.9. The first kappa shape index (κ1) is 26.4. The molecule has 1 fully saturated rings. The van der Waals surface area contributed by atoms with Crippen LogP contribution in [0.15, 0.2) is 86.6 Å². The van der Waals surface area contributed by atoms with Gasteiger partial charge in [-0.3, -0.25) is 14.5 Å². The maximum absolute atomic E-state index is 13.9. The molecule has 0 saturated carbocycles. The third-order valence-corrected chi connectivity index (χ3v) is 8.52. The third-order valence-electron chi connectivity index (χ3n) is 6.10. The van der Waals surface area contributed by atoms with E-state index in [4.69, 9.17) is 4.99 Å². The number of fused-ring (bicyclic) bond motifs is 1. The number of carbonyl (C=O) groups is 2. The fraction of sp³-hybridized carbons (Fsp3) is 0.172. The topological polar surface area (TPSA) is 101 Å². The van der Waals surface area contributed by atoms with Crippen molar-refractivity contribution in [2.24, 2.45) is 4.99 Å². The fourth-order valence-corrected chi connectivity index (χ4v) is 6.67. The van der Waals surface area contributed by atoms with E-state index >= 15 is 0 Å². The van der Waals surface area contributed by atoms with Crippen molar-refractivity contribution in [3.8, 4) is 6.07 Å². The molecule has 5 rings (SSSR count). The summed E-state index contributed by atoms with van der Waals surface area (Å²) >= 11 is 2.83. The number of hydrogen-bond donors (Lipinski definition) is 2. The maximum Gasteiger partial charge on any atom is 0.269 e. The lowest BCUT2D eigenvalue weighted by molar-refractivity contribution is -0.122. The van der Waals surface area contributed by atoms with Crippen molar-refractivity contribution in [3.05, 3.63) is 87.8 Å². The Morgan fingerprint density at radius 3 is 2.59 bits per heavy atom. The van der Waals surface area contributed by atoms with E-state index < -0.39 is 0 Å². The van der Waals surface area contributed by atoms with Crippen LogP contribution in [0.4, 0.5) is 22.7 Å². The molecule has 0 aliphatic carbocycles. The van der Waals surface area contributed by atoms with Gasteiger partial charge in [-0.2, -0.15) is 5.26 Å². The molecule has 0 spiro atoms. The number of amidine groups is 1. The van der Waals surface area contributed by atoms with Gasteiger partial charge in [-0.05, 0) is 60.6 Å². The zero-order valence-electron chi connectivity index (χ0n) is 21.7. The molecule has 0 unspecified atom stereocenters. The fourth-order valence-electron chi connectivity index (χ4n) is 4.29. The van der Waals surface area contributed by atoms with Gasteiger partial charge in [0, 0.05) is 31.1 Å². The Morgan fingerprint density at radius 2 is 1.87 bits per heavy atom. The average molecular weight is 555 g/mol. The van der Waals surface area contributed by atoms with Gasteiger partial charge in [0.25, 0.3) is 5.91 Å². The molecule has 196 valence electrons. The highest BCUT2D eigenvalue weighted by atomic mass is 32.2. The molecule has 39 heavy (non-hydrogen) atoms. The summed E-state index contributed by atoms with van der Waals surface area (Å²) in [6, 6.07) is 23.0. The number of hydrogen-bond acceptors (Lipinski definition) is 8. The minimum Gasteiger partial charge on any atom is -0.384 e. The van der Waals surface area contributed by atoms with Gasteiger partial charge in [0.05, 0.1) is 40.3 Å². The zero-order chi connectivity index (χ0) is 27.5. The number of amides is 2. The number of anilines is 3. The molecule has 2 aliphatic heterocycles. The van der Waals surface area contributed by atoms with Crippen LogP contribution in [0.5, 0.6) is 0 Å². The molecular weight excluding hydrogens is 528 g/mol. The van der Waals surface area contributed by atoms with Crippen LogP contribution >= 0.6 is 23.5 Å². The summed E-state index contributed by atoms with van der Waals surface area (Å²) in [5.41, 5.74) is 4.55. The second kappa shape index (κ2) is 11.3. The standard InChI is InChI=1S/C29H26N6O2S2/c1-4-31-22-12-10-20(16-30)14-23(22)33-29-35(17-19-8-6-5-7-9-19)27(37)26(39-29)28-34(3)24-13-11-21(32-18(2)36)15-25(24)38-28/h5-15,31H,4,17H2,1-3H3,(H,32,36)/b28-26-,33-29+. The number of aliphatic imine (C=N–C) groups is 1. The SMILES string of the molecule is CCNc1ccc(C#N)cc1/N=C1/S/C(=C2\Sc3cc(NC(C)=O)ccc3N2C)C(=O)N1Cc1ccccc1. The summed E-state index contributed by atoms with van der Waals surface area (Å²) in [6.45, 7) is 4.53. The predicted octanol–water partition coefficient (Wildman–Crippen LogP) is 6.12. The van der Waals surface area contributed by atoms with E-state index in [-0.39, 0.29) is 11.8 Å². The minimum atomic E-state index is -0.138. The molecule has 8 nitrogen and oxygen atoms in total. The molecule has 0 bridgehead atoms. The first-order chi connectivity index (χ1) is 18.9. The van der Waals surface area contributed by atoms with Gasteiger partial charge in [-0.15, -0.1) is 0 Å².